The Bertz CT molecular complexity index is 1380. The van der Waals surface area contributed by atoms with Crippen LogP contribution in [-0.4, -0.2) is 79.2 Å². The van der Waals surface area contributed by atoms with Crippen molar-refractivity contribution < 1.29 is 28.5 Å². The van der Waals surface area contributed by atoms with Crippen LogP contribution in [0.15, 0.2) is 60.7 Å². The van der Waals surface area contributed by atoms with Gasteiger partial charge in [-0.1, -0.05) is 12.1 Å². The summed E-state index contributed by atoms with van der Waals surface area (Å²) in [5.41, 5.74) is 3.32. The molecule has 230 valence electrons. The second-order valence-corrected chi connectivity index (χ2v) is 9.83. The Balaban J connectivity index is 1.49. The molecule has 11 heteroatoms. The molecule has 0 radical (unpaired) electrons. The van der Waals surface area contributed by atoms with Crippen LogP contribution in [0.2, 0.25) is 0 Å². The van der Waals surface area contributed by atoms with E-state index >= 15 is 0 Å². The molecule has 0 aliphatic carbocycles. The van der Waals surface area contributed by atoms with Crippen LogP contribution in [-0.2, 0) is 4.74 Å². The number of urea groups is 1. The van der Waals surface area contributed by atoms with Gasteiger partial charge in [0.15, 0.2) is 0 Å². The number of nitrogens with zero attached hydrogens (tertiary/aromatic N) is 2. The van der Waals surface area contributed by atoms with E-state index in [0.717, 1.165) is 30.2 Å². The van der Waals surface area contributed by atoms with E-state index in [0.29, 0.717) is 67.7 Å². The van der Waals surface area contributed by atoms with Crippen LogP contribution < -0.4 is 40.0 Å². The first-order chi connectivity index (χ1) is 21.0. The van der Waals surface area contributed by atoms with Crippen LogP contribution in [0.1, 0.15) is 23.7 Å². The molecule has 0 spiro atoms. The Labute approximate surface area is 253 Å². The highest BCUT2D eigenvalue weighted by Crippen LogP contribution is 2.32. The summed E-state index contributed by atoms with van der Waals surface area (Å²) in [5, 5.41) is 8.65. The van der Waals surface area contributed by atoms with E-state index in [1.54, 1.807) is 44.6 Å². The molecule has 4 rings (SSSR count). The molecule has 0 aromatic heterocycles. The van der Waals surface area contributed by atoms with Crippen molar-refractivity contribution in [3.63, 3.8) is 0 Å². The van der Waals surface area contributed by atoms with Crippen LogP contribution in [0, 0.1) is 0 Å². The number of rotatable bonds is 13. The van der Waals surface area contributed by atoms with E-state index in [1.807, 2.05) is 31.2 Å². The molecule has 0 saturated carbocycles. The zero-order valence-corrected chi connectivity index (χ0v) is 25.3. The summed E-state index contributed by atoms with van der Waals surface area (Å²) in [6, 6.07) is 18.0. The van der Waals surface area contributed by atoms with Crippen molar-refractivity contribution in [3.8, 4) is 17.2 Å². The van der Waals surface area contributed by atoms with Crippen LogP contribution in [0.4, 0.5) is 27.5 Å². The lowest BCUT2D eigenvalue weighted by Crippen LogP contribution is -2.47. The molecule has 1 fully saturated rings. The largest absolute Gasteiger partial charge is 0.497 e. The van der Waals surface area contributed by atoms with Crippen molar-refractivity contribution in [3.05, 3.63) is 66.2 Å². The molecule has 3 N–H and O–H groups in total. The number of anilines is 4. The highest BCUT2D eigenvalue weighted by molar-refractivity contribution is 6.04. The molecule has 0 unspecified atom stereocenters. The van der Waals surface area contributed by atoms with E-state index in [4.69, 9.17) is 18.9 Å². The van der Waals surface area contributed by atoms with E-state index < -0.39 is 6.03 Å². The lowest BCUT2D eigenvalue weighted by atomic mass is 10.1. The van der Waals surface area contributed by atoms with Crippen LogP contribution >= 0.6 is 0 Å². The SMILES string of the molecule is CCOCCCNC(=O)c1cc(NC(=O)Nc2ccc(OC)cc2OC)ccc1N1CCN(c2ccccc2OC)CC1. The molecular formula is C32H41N5O6. The van der Waals surface area contributed by atoms with Crippen LogP contribution in [0.3, 0.4) is 0 Å². The number of carbonyl (C=O) groups is 2. The Morgan fingerprint density at radius 2 is 1.51 bits per heavy atom. The Morgan fingerprint density at radius 1 is 0.791 bits per heavy atom. The highest BCUT2D eigenvalue weighted by Gasteiger charge is 2.24. The van der Waals surface area contributed by atoms with Gasteiger partial charge in [0, 0.05) is 63.4 Å². The van der Waals surface area contributed by atoms with Gasteiger partial charge in [-0.05, 0) is 55.8 Å². The van der Waals surface area contributed by atoms with Gasteiger partial charge in [-0.3, -0.25) is 4.79 Å². The summed E-state index contributed by atoms with van der Waals surface area (Å²) in [6.45, 7) is 6.60. The molecule has 3 amide bonds. The molecule has 1 saturated heterocycles. The monoisotopic (exact) mass is 591 g/mol. The molecule has 0 atom stereocenters. The summed E-state index contributed by atoms with van der Waals surface area (Å²) >= 11 is 0. The van der Waals surface area contributed by atoms with Gasteiger partial charge in [-0.2, -0.15) is 0 Å². The van der Waals surface area contributed by atoms with Crippen LogP contribution in [0.25, 0.3) is 0 Å². The molecule has 1 aliphatic heterocycles. The topological polar surface area (TPSA) is 114 Å². The fourth-order valence-corrected chi connectivity index (χ4v) is 4.95. The maximum Gasteiger partial charge on any atom is 0.323 e. The summed E-state index contributed by atoms with van der Waals surface area (Å²) in [5.74, 6) is 1.70. The first kappa shape index (κ1) is 31.3. The van der Waals surface area contributed by atoms with Gasteiger partial charge in [0.2, 0.25) is 0 Å². The fourth-order valence-electron chi connectivity index (χ4n) is 4.95. The Kier molecular flexibility index (Phi) is 11.3. The van der Waals surface area contributed by atoms with E-state index in [1.165, 1.54) is 7.11 Å². The maximum absolute atomic E-state index is 13.4. The highest BCUT2D eigenvalue weighted by atomic mass is 16.5. The summed E-state index contributed by atoms with van der Waals surface area (Å²) in [6.07, 6.45) is 0.705. The van der Waals surface area contributed by atoms with E-state index in [2.05, 4.69) is 31.8 Å². The molecular weight excluding hydrogens is 550 g/mol. The van der Waals surface area contributed by atoms with E-state index in [-0.39, 0.29) is 5.91 Å². The molecule has 1 aliphatic rings. The predicted octanol–water partition coefficient (Wildman–Crippen LogP) is 4.84. The minimum atomic E-state index is -0.468. The standard InChI is InChI=1S/C32H41N5O6/c1-5-43-20-8-15-33-31(38)25-21-23(34-32(39)35-26-13-12-24(40-2)22-30(26)42-4)11-14-27(25)36-16-18-37(19-17-36)28-9-6-7-10-29(28)41-3/h6-7,9-14,21-22H,5,8,15-20H2,1-4H3,(H,33,38)(H2,34,35,39). The summed E-state index contributed by atoms with van der Waals surface area (Å²) < 4.78 is 21.6. The number of para-hydroxylation sites is 2. The molecule has 43 heavy (non-hydrogen) atoms. The Morgan fingerprint density at radius 3 is 2.21 bits per heavy atom. The minimum absolute atomic E-state index is 0.209. The van der Waals surface area contributed by atoms with Crippen molar-refractivity contribution in [1.29, 1.82) is 0 Å². The number of benzene rings is 3. The number of hydrogen-bond donors (Lipinski definition) is 3. The molecule has 0 bridgehead atoms. The van der Waals surface area contributed by atoms with Gasteiger partial charge in [-0.25, -0.2) is 4.79 Å². The van der Waals surface area contributed by atoms with Crippen molar-refractivity contribution in [1.82, 2.24) is 5.32 Å². The zero-order chi connectivity index (χ0) is 30.6. The average molecular weight is 592 g/mol. The first-order valence-corrected chi connectivity index (χ1v) is 14.4. The van der Waals surface area contributed by atoms with Gasteiger partial charge in [-0.15, -0.1) is 0 Å². The zero-order valence-electron chi connectivity index (χ0n) is 25.3. The number of piperazine rings is 1. The van der Waals surface area contributed by atoms with Gasteiger partial charge in [0.05, 0.1) is 38.3 Å². The third kappa shape index (κ3) is 8.23. The smallest absolute Gasteiger partial charge is 0.323 e. The number of ether oxygens (including phenoxy) is 4. The van der Waals surface area contributed by atoms with Crippen molar-refractivity contribution in [2.45, 2.75) is 13.3 Å². The maximum atomic E-state index is 13.4. The quantitative estimate of drug-likeness (QED) is 0.242. The minimum Gasteiger partial charge on any atom is -0.497 e. The van der Waals surface area contributed by atoms with Crippen molar-refractivity contribution >= 4 is 34.7 Å². The Hall–Kier alpha value is -4.64. The van der Waals surface area contributed by atoms with Crippen LogP contribution in [0.5, 0.6) is 17.2 Å². The second kappa shape index (κ2) is 15.5. The number of methoxy groups -OCH3 is 3. The molecule has 11 nitrogen and oxygen atoms in total. The lowest BCUT2D eigenvalue weighted by Gasteiger charge is -2.38. The number of carbonyl (C=O) groups excluding carboxylic acids is 2. The van der Waals surface area contributed by atoms with Gasteiger partial charge < -0.3 is 44.7 Å². The third-order valence-corrected chi connectivity index (χ3v) is 7.16. The third-order valence-electron chi connectivity index (χ3n) is 7.16. The number of hydrogen-bond acceptors (Lipinski definition) is 8. The van der Waals surface area contributed by atoms with Crippen molar-refractivity contribution in [2.75, 3.05) is 87.7 Å². The predicted molar refractivity (Wildman–Crippen MR) is 169 cm³/mol. The average Bonchev–Trinajstić information content (AvgIpc) is 3.04. The molecule has 3 aromatic rings. The van der Waals surface area contributed by atoms with Gasteiger partial charge >= 0.3 is 6.03 Å². The number of nitrogens with one attached hydrogen (secondary N) is 3. The number of amides is 3. The van der Waals surface area contributed by atoms with E-state index in [9.17, 15) is 9.59 Å². The summed E-state index contributed by atoms with van der Waals surface area (Å²) in [4.78, 5) is 30.8. The second-order valence-electron chi connectivity index (χ2n) is 9.83. The van der Waals surface area contributed by atoms with Crippen molar-refractivity contribution in [2.24, 2.45) is 0 Å². The normalized spacial score (nSPS) is 12.8. The lowest BCUT2D eigenvalue weighted by molar-refractivity contribution is 0.0944. The first-order valence-electron chi connectivity index (χ1n) is 14.4. The molecule has 1 heterocycles. The van der Waals surface area contributed by atoms with Gasteiger partial charge in [0.25, 0.3) is 5.91 Å². The summed E-state index contributed by atoms with van der Waals surface area (Å²) in [7, 11) is 4.76. The van der Waals surface area contributed by atoms with Gasteiger partial charge in [0.1, 0.15) is 17.2 Å². The fraction of sp³-hybridized carbons (Fsp3) is 0.375. The molecule has 3 aromatic carbocycles.